The van der Waals surface area contributed by atoms with Crippen molar-refractivity contribution in [3.63, 3.8) is 0 Å². The van der Waals surface area contributed by atoms with Gasteiger partial charge < -0.3 is 15.2 Å². The van der Waals surface area contributed by atoms with Crippen LogP contribution in [0.3, 0.4) is 0 Å². The summed E-state index contributed by atoms with van der Waals surface area (Å²) in [5, 5.41) is 8.85. The number of anilines is 1. The predicted octanol–water partition coefficient (Wildman–Crippen LogP) is 2.02. The first-order chi connectivity index (χ1) is 9.72. The number of nitrogens with zero attached hydrogens (tertiary/aromatic N) is 3. The van der Waals surface area contributed by atoms with Crippen molar-refractivity contribution >= 4 is 16.7 Å². The minimum Gasteiger partial charge on any atom is -0.495 e. The Bertz CT molecular complexity index is 734. The third-order valence-electron chi connectivity index (χ3n) is 3.03. The number of aromatic nitrogens is 3. The van der Waals surface area contributed by atoms with E-state index in [2.05, 4.69) is 10.2 Å². The fourth-order valence-corrected chi connectivity index (χ4v) is 2.03. The van der Waals surface area contributed by atoms with Gasteiger partial charge in [-0.3, -0.25) is 0 Å². The highest BCUT2D eigenvalue weighted by Gasteiger charge is 2.13. The SMILES string of the molecule is COc1cc(-n2nc3ccccc3n2)c(OC)cc1N. The Balaban J connectivity index is 2.21. The Morgan fingerprint density at radius 2 is 1.55 bits per heavy atom. The number of methoxy groups -OCH3 is 2. The van der Waals surface area contributed by atoms with E-state index in [0.29, 0.717) is 22.9 Å². The van der Waals surface area contributed by atoms with Gasteiger partial charge in [-0.25, -0.2) is 0 Å². The van der Waals surface area contributed by atoms with E-state index in [-0.39, 0.29) is 0 Å². The highest BCUT2D eigenvalue weighted by molar-refractivity contribution is 5.74. The van der Waals surface area contributed by atoms with Gasteiger partial charge in [0.1, 0.15) is 28.2 Å². The summed E-state index contributed by atoms with van der Waals surface area (Å²) in [5.74, 6) is 1.14. The molecule has 0 spiro atoms. The third-order valence-corrected chi connectivity index (χ3v) is 3.03. The van der Waals surface area contributed by atoms with Gasteiger partial charge in [0.05, 0.1) is 19.9 Å². The highest BCUT2D eigenvalue weighted by atomic mass is 16.5. The van der Waals surface area contributed by atoms with Gasteiger partial charge in [-0.2, -0.15) is 0 Å². The molecular formula is C14H14N4O2. The number of hydrogen-bond donors (Lipinski definition) is 1. The van der Waals surface area contributed by atoms with Gasteiger partial charge in [-0.15, -0.1) is 15.0 Å². The lowest BCUT2D eigenvalue weighted by molar-refractivity contribution is 0.401. The minimum absolute atomic E-state index is 0.504. The van der Waals surface area contributed by atoms with Crippen LogP contribution in [0.1, 0.15) is 0 Å². The summed E-state index contributed by atoms with van der Waals surface area (Å²) in [6, 6.07) is 11.1. The van der Waals surface area contributed by atoms with E-state index in [0.717, 1.165) is 11.0 Å². The smallest absolute Gasteiger partial charge is 0.148 e. The highest BCUT2D eigenvalue weighted by Crippen LogP contribution is 2.32. The summed E-state index contributed by atoms with van der Waals surface area (Å²) >= 11 is 0. The maximum absolute atomic E-state index is 5.87. The molecule has 1 heterocycles. The summed E-state index contributed by atoms with van der Waals surface area (Å²) in [6.07, 6.45) is 0. The Hall–Kier alpha value is -2.76. The van der Waals surface area contributed by atoms with Crippen LogP contribution in [0, 0.1) is 0 Å². The lowest BCUT2D eigenvalue weighted by Crippen LogP contribution is -2.04. The number of hydrogen-bond acceptors (Lipinski definition) is 5. The zero-order valence-corrected chi connectivity index (χ0v) is 11.2. The van der Waals surface area contributed by atoms with Crippen molar-refractivity contribution in [1.29, 1.82) is 0 Å². The summed E-state index contributed by atoms with van der Waals surface area (Å²) in [6.45, 7) is 0. The van der Waals surface area contributed by atoms with Gasteiger partial charge in [0, 0.05) is 12.1 Å². The Morgan fingerprint density at radius 1 is 0.950 bits per heavy atom. The van der Waals surface area contributed by atoms with Crippen molar-refractivity contribution < 1.29 is 9.47 Å². The normalized spacial score (nSPS) is 10.7. The van der Waals surface area contributed by atoms with Crippen LogP contribution < -0.4 is 15.2 Å². The number of nitrogens with two attached hydrogens (primary N) is 1. The maximum atomic E-state index is 5.87. The zero-order chi connectivity index (χ0) is 14.1. The maximum Gasteiger partial charge on any atom is 0.148 e. The molecule has 0 aliphatic carbocycles. The van der Waals surface area contributed by atoms with E-state index in [1.165, 1.54) is 4.80 Å². The van der Waals surface area contributed by atoms with Crippen LogP contribution in [0.25, 0.3) is 16.7 Å². The molecule has 0 atom stereocenters. The summed E-state index contributed by atoms with van der Waals surface area (Å²) in [5.41, 5.74) is 8.68. The van der Waals surface area contributed by atoms with E-state index in [4.69, 9.17) is 15.2 Å². The molecular weight excluding hydrogens is 256 g/mol. The van der Waals surface area contributed by atoms with E-state index < -0.39 is 0 Å². The molecule has 3 aromatic rings. The molecule has 102 valence electrons. The first-order valence-electron chi connectivity index (χ1n) is 6.07. The molecule has 0 saturated carbocycles. The van der Waals surface area contributed by atoms with Crippen LogP contribution in [-0.2, 0) is 0 Å². The van der Waals surface area contributed by atoms with Gasteiger partial charge >= 0.3 is 0 Å². The van der Waals surface area contributed by atoms with E-state index in [1.807, 2.05) is 24.3 Å². The summed E-state index contributed by atoms with van der Waals surface area (Å²) in [4.78, 5) is 1.52. The van der Waals surface area contributed by atoms with Gasteiger partial charge in [-0.05, 0) is 12.1 Å². The van der Waals surface area contributed by atoms with Crippen molar-refractivity contribution in [3.8, 4) is 17.2 Å². The first-order valence-corrected chi connectivity index (χ1v) is 6.07. The topological polar surface area (TPSA) is 75.2 Å². The minimum atomic E-state index is 0.504. The van der Waals surface area contributed by atoms with Gasteiger partial charge in [-0.1, -0.05) is 12.1 Å². The molecule has 0 fully saturated rings. The van der Waals surface area contributed by atoms with Crippen LogP contribution in [0.15, 0.2) is 36.4 Å². The molecule has 0 amide bonds. The van der Waals surface area contributed by atoms with Crippen LogP contribution in [0.4, 0.5) is 5.69 Å². The quantitative estimate of drug-likeness (QED) is 0.737. The second-order valence-electron chi connectivity index (χ2n) is 4.24. The molecule has 0 bridgehead atoms. The van der Waals surface area contributed by atoms with E-state index in [9.17, 15) is 0 Å². The molecule has 0 saturated heterocycles. The van der Waals surface area contributed by atoms with E-state index in [1.54, 1.807) is 26.4 Å². The number of benzene rings is 2. The van der Waals surface area contributed by atoms with Crippen LogP contribution in [-0.4, -0.2) is 29.2 Å². The predicted molar refractivity (Wildman–Crippen MR) is 76.4 cm³/mol. The van der Waals surface area contributed by atoms with E-state index >= 15 is 0 Å². The third kappa shape index (κ3) is 1.91. The lowest BCUT2D eigenvalue weighted by atomic mass is 10.2. The largest absolute Gasteiger partial charge is 0.495 e. The van der Waals surface area contributed by atoms with Crippen molar-refractivity contribution in [3.05, 3.63) is 36.4 Å². The van der Waals surface area contributed by atoms with Gasteiger partial charge in [0.25, 0.3) is 0 Å². The average Bonchev–Trinajstić information content (AvgIpc) is 2.90. The monoisotopic (exact) mass is 270 g/mol. The summed E-state index contributed by atoms with van der Waals surface area (Å²) < 4.78 is 10.6. The molecule has 6 heteroatoms. The number of fused-ring (bicyclic) bond motifs is 1. The van der Waals surface area contributed by atoms with Crippen LogP contribution in [0.2, 0.25) is 0 Å². The second kappa shape index (κ2) is 4.73. The van der Waals surface area contributed by atoms with Crippen LogP contribution in [0.5, 0.6) is 11.5 Å². The van der Waals surface area contributed by atoms with Gasteiger partial charge in [0.2, 0.25) is 0 Å². The zero-order valence-electron chi connectivity index (χ0n) is 11.2. The number of nitrogen functional groups attached to an aromatic ring is 1. The molecule has 3 rings (SSSR count). The first kappa shape index (κ1) is 12.3. The van der Waals surface area contributed by atoms with Crippen molar-refractivity contribution in [2.24, 2.45) is 0 Å². The number of ether oxygens (including phenoxy) is 2. The molecule has 0 aliphatic heterocycles. The van der Waals surface area contributed by atoms with Crippen LogP contribution >= 0.6 is 0 Å². The summed E-state index contributed by atoms with van der Waals surface area (Å²) in [7, 11) is 3.14. The lowest BCUT2D eigenvalue weighted by Gasteiger charge is -2.11. The van der Waals surface area contributed by atoms with Gasteiger partial charge in [0.15, 0.2) is 0 Å². The van der Waals surface area contributed by atoms with Crippen molar-refractivity contribution in [2.75, 3.05) is 20.0 Å². The molecule has 0 aliphatic rings. The number of rotatable bonds is 3. The molecule has 0 unspecified atom stereocenters. The molecule has 2 N–H and O–H groups in total. The molecule has 20 heavy (non-hydrogen) atoms. The fourth-order valence-electron chi connectivity index (χ4n) is 2.03. The second-order valence-corrected chi connectivity index (χ2v) is 4.24. The molecule has 1 aromatic heterocycles. The Labute approximate surface area is 115 Å². The Kier molecular flexibility index (Phi) is 2.90. The fraction of sp³-hybridized carbons (Fsp3) is 0.143. The van der Waals surface area contributed by atoms with Crippen molar-refractivity contribution in [2.45, 2.75) is 0 Å². The average molecular weight is 270 g/mol. The molecule has 0 radical (unpaired) electrons. The molecule has 2 aromatic carbocycles. The Morgan fingerprint density at radius 3 is 2.10 bits per heavy atom. The molecule has 6 nitrogen and oxygen atoms in total. The van der Waals surface area contributed by atoms with Crippen molar-refractivity contribution in [1.82, 2.24) is 15.0 Å². The standard InChI is InChI=1S/C14H14N4O2/c1-19-13-8-12(14(20-2)7-9(13)15)18-16-10-5-3-4-6-11(10)17-18/h3-8H,15H2,1-2H3.